The normalized spacial score (nSPS) is 20.8. The second-order valence-corrected chi connectivity index (χ2v) is 4.63. The second-order valence-electron chi connectivity index (χ2n) is 3.78. The van der Waals surface area contributed by atoms with Crippen molar-refractivity contribution in [2.24, 2.45) is 0 Å². The lowest BCUT2D eigenvalue weighted by Gasteiger charge is -2.23. The minimum Gasteiger partial charge on any atom is -0.475 e. The molecule has 0 amide bonds. The standard InChI is InChI=1S/C11H15BrN2O2/c1-8-4-11(14-6-10(8)12)16-7-9-5-13-2-3-15-9/h4,6,9,13H,2-3,5,7H2,1H3. The van der Waals surface area contributed by atoms with Crippen LogP contribution >= 0.6 is 15.9 Å². The monoisotopic (exact) mass is 286 g/mol. The zero-order chi connectivity index (χ0) is 11.4. The molecule has 1 aromatic heterocycles. The minimum atomic E-state index is 0.125. The van der Waals surface area contributed by atoms with Crippen molar-refractivity contribution in [2.45, 2.75) is 13.0 Å². The van der Waals surface area contributed by atoms with Gasteiger partial charge in [0.05, 0.1) is 6.61 Å². The maximum atomic E-state index is 5.58. The van der Waals surface area contributed by atoms with E-state index in [1.54, 1.807) is 6.20 Å². The van der Waals surface area contributed by atoms with Crippen LogP contribution in [0.25, 0.3) is 0 Å². The van der Waals surface area contributed by atoms with Crippen LogP contribution < -0.4 is 10.1 Å². The van der Waals surface area contributed by atoms with E-state index in [0.29, 0.717) is 12.5 Å². The van der Waals surface area contributed by atoms with Crippen LogP contribution in [0.1, 0.15) is 5.56 Å². The van der Waals surface area contributed by atoms with Crippen molar-refractivity contribution in [1.29, 1.82) is 0 Å². The third-order valence-corrected chi connectivity index (χ3v) is 3.27. The predicted octanol–water partition coefficient (Wildman–Crippen LogP) is 1.52. The Bertz CT molecular complexity index is 354. The summed E-state index contributed by atoms with van der Waals surface area (Å²) in [5.41, 5.74) is 1.12. The molecule has 2 rings (SSSR count). The lowest BCUT2D eigenvalue weighted by atomic mass is 10.3. The number of hydrogen-bond donors (Lipinski definition) is 1. The molecule has 1 unspecified atom stereocenters. The highest BCUT2D eigenvalue weighted by Gasteiger charge is 2.14. The van der Waals surface area contributed by atoms with Crippen LogP contribution in [-0.4, -0.2) is 37.4 Å². The molecular formula is C11H15BrN2O2. The molecule has 2 heterocycles. The molecule has 1 fully saturated rings. The SMILES string of the molecule is Cc1cc(OCC2CNCCO2)ncc1Br. The first-order valence-corrected chi connectivity index (χ1v) is 6.12. The Kier molecular flexibility index (Phi) is 4.15. The maximum Gasteiger partial charge on any atom is 0.213 e. The van der Waals surface area contributed by atoms with Gasteiger partial charge in [-0.1, -0.05) is 0 Å². The molecule has 1 aliphatic heterocycles. The summed E-state index contributed by atoms with van der Waals surface area (Å²) in [6, 6.07) is 1.92. The van der Waals surface area contributed by atoms with E-state index in [2.05, 4.69) is 26.2 Å². The molecule has 0 bridgehead atoms. The van der Waals surface area contributed by atoms with Gasteiger partial charge in [0.25, 0.3) is 0 Å². The highest BCUT2D eigenvalue weighted by Crippen LogP contribution is 2.18. The molecule has 1 aromatic rings. The van der Waals surface area contributed by atoms with E-state index in [1.807, 2.05) is 13.0 Å². The van der Waals surface area contributed by atoms with Crippen LogP contribution in [0, 0.1) is 6.92 Å². The molecule has 0 radical (unpaired) electrons. The summed E-state index contributed by atoms with van der Waals surface area (Å²) < 4.78 is 12.1. The summed E-state index contributed by atoms with van der Waals surface area (Å²) in [5, 5.41) is 3.26. The molecule has 88 valence electrons. The summed E-state index contributed by atoms with van der Waals surface area (Å²) in [6.07, 6.45) is 1.88. The van der Waals surface area contributed by atoms with Crippen molar-refractivity contribution < 1.29 is 9.47 Å². The third-order valence-electron chi connectivity index (χ3n) is 2.44. The van der Waals surface area contributed by atoms with Crippen LogP contribution in [0.5, 0.6) is 5.88 Å². The Morgan fingerprint density at radius 1 is 1.69 bits per heavy atom. The van der Waals surface area contributed by atoms with Crippen molar-refractivity contribution in [3.8, 4) is 5.88 Å². The molecule has 5 heteroatoms. The molecule has 1 saturated heterocycles. The summed E-state index contributed by atoms with van der Waals surface area (Å²) in [6.45, 7) is 5.07. The summed E-state index contributed by atoms with van der Waals surface area (Å²) in [4.78, 5) is 4.18. The van der Waals surface area contributed by atoms with E-state index >= 15 is 0 Å². The van der Waals surface area contributed by atoms with Gasteiger partial charge in [-0.15, -0.1) is 0 Å². The van der Waals surface area contributed by atoms with Crippen LogP contribution in [0.4, 0.5) is 0 Å². The quantitative estimate of drug-likeness (QED) is 0.915. The molecule has 1 atom stereocenters. The topological polar surface area (TPSA) is 43.4 Å². The van der Waals surface area contributed by atoms with Crippen LogP contribution in [-0.2, 0) is 4.74 Å². The molecule has 4 nitrogen and oxygen atoms in total. The van der Waals surface area contributed by atoms with Crippen LogP contribution in [0.3, 0.4) is 0 Å². The number of aromatic nitrogens is 1. The second kappa shape index (κ2) is 5.61. The van der Waals surface area contributed by atoms with Gasteiger partial charge in [-0.05, 0) is 28.4 Å². The Labute approximate surface area is 103 Å². The fourth-order valence-electron chi connectivity index (χ4n) is 1.50. The van der Waals surface area contributed by atoms with Gasteiger partial charge >= 0.3 is 0 Å². The smallest absolute Gasteiger partial charge is 0.213 e. The third kappa shape index (κ3) is 3.17. The number of nitrogens with zero attached hydrogens (tertiary/aromatic N) is 1. The van der Waals surface area contributed by atoms with E-state index in [1.165, 1.54) is 0 Å². The average Bonchev–Trinajstić information content (AvgIpc) is 2.32. The van der Waals surface area contributed by atoms with Crippen LogP contribution in [0.15, 0.2) is 16.7 Å². The molecule has 1 aliphatic rings. The summed E-state index contributed by atoms with van der Waals surface area (Å²) in [5.74, 6) is 0.648. The predicted molar refractivity (Wildman–Crippen MR) is 64.8 cm³/mol. The van der Waals surface area contributed by atoms with E-state index in [-0.39, 0.29) is 6.10 Å². The van der Waals surface area contributed by atoms with Crippen LogP contribution in [0.2, 0.25) is 0 Å². The van der Waals surface area contributed by atoms with Gasteiger partial charge in [-0.2, -0.15) is 0 Å². The molecule has 0 aliphatic carbocycles. The van der Waals surface area contributed by atoms with Gasteiger partial charge in [0.2, 0.25) is 5.88 Å². The number of pyridine rings is 1. The highest BCUT2D eigenvalue weighted by atomic mass is 79.9. The summed E-state index contributed by atoms with van der Waals surface area (Å²) >= 11 is 3.40. The van der Waals surface area contributed by atoms with E-state index < -0.39 is 0 Å². The Morgan fingerprint density at radius 2 is 2.56 bits per heavy atom. The lowest BCUT2D eigenvalue weighted by Crippen LogP contribution is -2.41. The Hall–Kier alpha value is -0.650. The molecule has 0 aromatic carbocycles. The molecule has 16 heavy (non-hydrogen) atoms. The Morgan fingerprint density at radius 3 is 3.25 bits per heavy atom. The fraction of sp³-hybridized carbons (Fsp3) is 0.545. The van der Waals surface area contributed by atoms with Crippen molar-refractivity contribution in [3.05, 3.63) is 22.3 Å². The number of morpholine rings is 1. The van der Waals surface area contributed by atoms with Gasteiger partial charge in [0, 0.05) is 29.8 Å². The first-order chi connectivity index (χ1) is 7.75. The fourth-order valence-corrected chi connectivity index (χ4v) is 1.71. The summed E-state index contributed by atoms with van der Waals surface area (Å²) in [7, 11) is 0. The van der Waals surface area contributed by atoms with Crippen molar-refractivity contribution >= 4 is 15.9 Å². The zero-order valence-electron chi connectivity index (χ0n) is 9.20. The van der Waals surface area contributed by atoms with Gasteiger partial charge < -0.3 is 14.8 Å². The number of halogens is 1. The number of hydrogen-bond acceptors (Lipinski definition) is 4. The largest absolute Gasteiger partial charge is 0.475 e. The molecule has 0 saturated carbocycles. The van der Waals surface area contributed by atoms with Gasteiger partial charge in [0.1, 0.15) is 12.7 Å². The average molecular weight is 287 g/mol. The molecule has 0 spiro atoms. The zero-order valence-corrected chi connectivity index (χ0v) is 10.8. The van der Waals surface area contributed by atoms with Crippen molar-refractivity contribution in [1.82, 2.24) is 10.3 Å². The first-order valence-electron chi connectivity index (χ1n) is 5.33. The Balaban J connectivity index is 1.86. The van der Waals surface area contributed by atoms with Gasteiger partial charge in [0.15, 0.2) is 0 Å². The van der Waals surface area contributed by atoms with Gasteiger partial charge in [-0.3, -0.25) is 0 Å². The number of ether oxygens (including phenoxy) is 2. The van der Waals surface area contributed by atoms with Gasteiger partial charge in [-0.25, -0.2) is 4.98 Å². The minimum absolute atomic E-state index is 0.125. The van der Waals surface area contributed by atoms with Crippen molar-refractivity contribution in [3.63, 3.8) is 0 Å². The number of aryl methyl sites for hydroxylation is 1. The first kappa shape index (κ1) is 11.8. The number of nitrogens with one attached hydrogen (secondary N) is 1. The molecular weight excluding hydrogens is 272 g/mol. The highest BCUT2D eigenvalue weighted by molar-refractivity contribution is 9.10. The van der Waals surface area contributed by atoms with E-state index in [4.69, 9.17) is 9.47 Å². The molecule has 1 N–H and O–H groups in total. The van der Waals surface area contributed by atoms with E-state index in [0.717, 1.165) is 29.7 Å². The van der Waals surface area contributed by atoms with Crippen molar-refractivity contribution in [2.75, 3.05) is 26.3 Å². The maximum absolute atomic E-state index is 5.58. The lowest BCUT2D eigenvalue weighted by molar-refractivity contribution is -0.000757. The van der Waals surface area contributed by atoms with E-state index in [9.17, 15) is 0 Å². The number of rotatable bonds is 3.